The Morgan fingerprint density at radius 1 is 1.17 bits per heavy atom. The molecule has 0 radical (unpaired) electrons. The molecule has 5 saturated carbocycles. The number of ether oxygens (including phenoxy) is 5. The van der Waals surface area contributed by atoms with Gasteiger partial charge in [-0.2, -0.15) is 0 Å². The molecule has 9 nitrogen and oxygen atoms in total. The third-order valence-corrected chi connectivity index (χ3v) is 11.9. The third-order valence-electron chi connectivity index (χ3n) is 11.9. The van der Waals surface area contributed by atoms with Crippen LogP contribution in [0.3, 0.4) is 0 Å². The number of carbonyl (C=O) groups excluding carboxylic acids is 1. The molecule has 196 valence electrons. The molecule has 2 heterocycles. The van der Waals surface area contributed by atoms with E-state index in [1.807, 2.05) is 0 Å². The van der Waals surface area contributed by atoms with E-state index in [2.05, 4.69) is 18.7 Å². The molecule has 0 aromatic heterocycles. The number of rotatable bonds is 4. The van der Waals surface area contributed by atoms with Gasteiger partial charge in [-0.1, -0.05) is 13.8 Å². The van der Waals surface area contributed by atoms with Gasteiger partial charge in [0.15, 0.2) is 5.60 Å². The van der Waals surface area contributed by atoms with Crippen molar-refractivity contribution >= 4 is 5.97 Å². The van der Waals surface area contributed by atoms with Crippen LogP contribution in [0.15, 0.2) is 0 Å². The summed E-state index contributed by atoms with van der Waals surface area (Å²) >= 11 is 0. The van der Waals surface area contributed by atoms with Crippen LogP contribution in [-0.4, -0.2) is 102 Å². The quantitative estimate of drug-likeness (QED) is 0.547. The minimum Gasteiger partial charge on any atom is -0.459 e. The van der Waals surface area contributed by atoms with E-state index in [9.17, 15) is 15.0 Å². The van der Waals surface area contributed by atoms with Crippen LogP contribution in [0.1, 0.15) is 46.5 Å². The minimum absolute atomic E-state index is 0.0311. The summed E-state index contributed by atoms with van der Waals surface area (Å²) in [6.45, 7) is 7.51. The van der Waals surface area contributed by atoms with Crippen LogP contribution in [0.2, 0.25) is 0 Å². The van der Waals surface area contributed by atoms with Crippen LogP contribution in [0.4, 0.5) is 0 Å². The minimum atomic E-state index is -1.24. The molecule has 7 aliphatic rings. The van der Waals surface area contributed by atoms with Crippen LogP contribution >= 0.6 is 0 Å². The first-order valence-corrected chi connectivity index (χ1v) is 13.3. The van der Waals surface area contributed by atoms with E-state index in [0.29, 0.717) is 12.8 Å². The maximum Gasteiger partial charge on any atom is 0.303 e. The number of aliphatic hydroxyl groups excluding tert-OH is 1. The molecule has 7 fully saturated rings. The smallest absolute Gasteiger partial charge is 0.303 e. The molecule has 35 heavy (non-hydrogen) atoms. The van der Waals surface area contributed by atoms with Crippen molar-refractivity contribution in [2.45, 2.75) is 93.7 Å². The summed E-state index contributed by atoms with van der Waals surface area (Å²) in [6.07, 6.45) is 0.473. The number of methoxy groups -OCH3 is 2. The summed E-state index contributed by atoms with van der Waals surface area (Å²) < 4.78 is 32.1. The summed E-state index contributed by atoms with van der Waals surface area (Å²) in [7, 11) is 3.40. The van der Waals surface area contributed by atoms with E-state index in [0.717, 1.165) is 25.9 Å². The number of esters is 1. The van der Waals surface area contributed by atoms with Crippen LogP contribution in [-0.2, 0) is 28.5 Å². The molecule has 2 aliphatic heterocycles. The Labute approximate surface area is 206 Å². The molecular weight excluding hydrogens is 454 g/mol. The standard InChI is InChI=1S/C26H39NO8/c1-6-27-11-22(3)8-7-16(31-4)25-19(22)20(35-13(2)28)26(21(25)27)24(33-12-34-26)10-15(29)14-9-23(25,30)18(24)17(14)32-5/h14-21,29-30H,6-12H2,1-5H3/t14-,15-,16+,17+,18+,19-,20+,21+,22+,23+,24-,25-,26+/m1/s1. The number of likely N-dealkylation sites (N-methyl/N-ethyl adjacent to an activating group) is 1. The van der Waals surface area contributed by atoms with Crippen LogP contribution in [0, 0.1) is 28.6 Å². The van der Waals surface area contributed by atoms with Gasteiger partial charge in [0.05, 0.1) is 35.4 Å². The number of likely N-dealkylation sites (tertiary alicyclic amines) is 1. The largest absolute Gasteiger partial charge is 0.459 e. The summed E-state index contributed by atoms with van der Waals surface area (Å²) in [5.74, 6) is -1.16. The zero-order chi connectivity index (χ0) is 24.8. The maximum atomic E-state index is 13.3. The summed E-state index contributed by atoms with van der Waals surface area (Å²) in [5, 5.41) is 24.7. The Hall–Kier alpha value is -0.810. The van der Waals surface area contributed by atoms with Crippen molar-refractivity contribution in [3.05, 3.63) is 0 Å². The predicted molar refractivity (Wildman–Crippen MR) is 121 cm³/mol. The van der Waals surface area contributed by atoms with Crippen LogP contribution in [0.25, 0.3) is 0 Å². The summed E-state index contributed by atoms with van der Waals surface area (Å²) in [6, 6.07) is -0.280. The molecular formula is C26H39NO8. The Kier molecular flexibility index (Phi) is 4.52. The molecule has 2 saturated heterocycles. The number of carbonyl (C=O) groups is 1. The van der Waals surface area contributed by atoms with Crippen molar-refractivity contribution in [1.29, 1.82) is 0 Å². The highest BCUT2D eigenvalue weighted by Crippen LogP contribution is 2.83. The maximum absolute atomic E-state index is 13.3. The zero-order valence-corrected chi connectivity index (χ0v) is 21.4. The van der Waals surface area contributed by atoms with Crippen molar-refractivity contribution in [3.8, 4) is 0 Å². The number of nitrogens with zero attached hydrogens (tertiary/aromatic N) is 1. The highest BCUT2D eigenvalue weighted by atomic mass is 16.7. The van der Waals surface area contributed by atoms with Gasteiger partial charge in [0.25, 0.3) is 0 Å². The number of aliphatic hydroxyl groups is 2. The molecule has 0 amide bonds. The number of hydrogen-bond donors (Lipinski definition) is 2. The normalized spacial score (nSPS) is 61.6. The van der Waals surface area contributed by atoms with Crippen molar-refractivity contribution in [1.82, 2.24) is 4.90 Å². The van der Waals surface area contributed by atoms with Gasteiger partial charge >= 0.3 is 5.97 Å². The van der Waals surface area contributed by atoms with E-state index >= 15 is 0 Å². The first-order valence-electron chi connectivity index (χ1n) is 13.3. The molecule has 5 aliphatic carbocycles. The predicted octanol–water partition coefficient (Wildman–Crippen LogP) is 0.696. The Balaban J connectivity index is 1.62. The molecule has 3 spiro atoms. The van der Waals surface area contributed by atoms with E-state index < -0.39 is 40.3 Å². The first kappa shape index (κ1) is 23.3. The second-order valence-electron chi connectivity index (χ2n) is 12.7. The molecule has 9 heteroatoms. The van der Waals surface area contributed by atoms with Gasteiger partial charge in [-0.25, -0.2) is 0 Å². The molecule has 2 N–H and O–H groups in total. The lowest BCUT2D eigenvalue weighted by Crippen LogP contribution is -2.85. The summed E-state index contributed by atoms with van der Waals surface area (Å²) in [4.78, 5) is 15.1. The van der Waals surface area contributed by atoms with Gasteiger partial charge in [0.2, 0.25) is 0 Å². The van der Waals surface area contributed by atoms with Crippen LogP contribution < -0.4 is 0 Å². The lowest BCUT2D eigenvalue weighted by molar-refractivity contribution is -0.332. The molecule has 0 unspecified atom stereocenters. The van der Waals surface area contributed by atoms with Crippen LogP contribution in [0.5, 0.6) is 0 Å². The van der Waals surface area contributed by atoms with Crippen molar-refractivity contribution in [2.24, 2.45) is 28.6 Å². The first-order chi connectivity index (χ1) is 16.6. The summed E-state index contributed by atoms with van der Waals surface area (Å²) in [5.41, 5.74) is -4.30. The van der Waals surface area contributed by atoms with Crippen molar-refractivity contribution in [3.63, 3.8) is 0 Å². The van der Waals surface area contributed by atoms with Gasteiger partial charge in [0, 0.05) is 51.9 Å². The van der Waals surface area contributed by atoms with Gasteiger partial charge in [-0.3, -0.25) is 9.69 Å². The van der Waals surface area contributed by atoms with E-state index in [1.54, 1.807) is 14.2 Å². The highest BCUT2D eigenvalue weighted by Gasteiger charge is 2.97. The van der Waals surface area contributed by atoms with Gasteiger partial charge in [-0.05, 0) is 31.2 Å². The second-order valence-corrected chi connectivity index (χ2v) is 12.7. The monoisotopic (exact) mass is 493 g/mol. The topological polar surface area (TPSA) is 107 Å². The van der Waals surface area contributed by atoms with E-state index in [4.69, 9.17) is 23.7 Å². The van der Waals surface area contributed by atoms with Gasteiger partial charge in [0.1, 0.15) is 18.5 Å². The average Bonchev–Trinajstić information content (AvgIpc) is 3.36. The number of piperidine rings is 1. The molecule has 0 aromatic carbocycles. The molecule has 7 bridgehead atoms. The highest BCUT2D eigenvalue weighted by molar-refractivity contribution is 5.67. The molecule has 0 aromatic rings. The van der Waals surface area contributed by atoms with Gasteiger partial charge in [-0.15, -0.1) is 0 Å². The zero-order valence-electron chi connectivity index (χ0n) is 21.4. The van der Waals surface area contributed by atoms with E-state index in [1.165, 1.54) is 6.92 Å². The fraction of sp³-hybridized carbons (Fsp3) is 0.962. The lowest BCUT2D eigenvalue weighted by Gasteiger charge is -2.71. The Bertz CT molecular complexity index is 964. The number of hydrogen-bond acceptors (Lipinski definition) is 9. The molecule has 13 atom stereocenters. The van der Waals surface area contributed by atoms with Crippen molar-refractivity contribution in [2.75, 3.05) is 34.1 Å². The fourth-order valence-electron chi connectivity index (χ4n) is 11.5. The van der Waals surface area contributed by atoms with Crippen molar-refractivity contribution < 1.29 is 38.7 Å². The molecule has 7 rings (SSSR count). The third kappa shape index (κ3) is 2.09. The van der Waals surface area contributed by atoms with E-state index in [-0.39, 0.29) is 48.3 Å². The Morgan fingerprint density at radius 2 is 1.94 bits per heavy atom. The fourth-order valence-corrected chi connectivity index (χ4v) is 11.5. The second kappa shape index (κ2) is 6.79. The average molecular weight is 494 g/mol. The van der Waals surface area contributed by atoms with Gasteiger partial charge < -0.3 is 33.9 Å². The number of fused-ring (bicyclic) bond motifs is 1. The SMILES string of the molecule is CCN1C[C@]2(C)CC[C@H](OC)[C@]34[C@@H]2[C@H](OC(C)=O)[C@]2(OCO[C@@]25C[C@@H](O)[C@H]2C[C@]3(O)[C@@H]5[C@H]2OC)[C@@H]14. The Morgan fingerprint density at radius 3 is 2.60 bits per heavy atom. The lowest BCUT2D eigenvalue weighted by atomic mass is 9.41.